The molecule has 0 aromatic heterocycles. The summed E-state index contributed by atoms with van der Waals surface area (Å²) >= 11 is 0. The van der Waals surface area contributed by atoms with Gasteiger partial charge in [0.25, 0.3) is 0 Å². The van der Waals surface area contributed by atoms with Crippen LogP contribution in [0.1, 0.15) is 97.5 Å². The van der Waals surface area contributed by atoms with E-state index < -0.39 is 22.2 Å². The van der Waals surface area contributed by atoms with E-state index in [4.69, 9.17) is 0 Å². The SMILES string of the molecule is CS(=O)c1ccc(C2=CC[C@@]3(C)C(CC[C@@]4(C)C5CC[C@@]6(C(=O)O)CCCC6[C@H]5CCC43)C2(C)C)cc1. The van der Waals surface area contributed by atoms with Crippen LogP contribution in [-0.2, 0) is 15.6 Å². The second-order valence-electron chi connectivity index (χ2n) is 14.5. The molecule has 9 atom stereocenters. The minimum absolute atomic E-state index is 0.0918. The molecule has 5 aliphatic carbocycles. The fourth-order valence-corrected chi connectivity index (χ4v) is 12.0. The van der Waals surface area contributed by atoms with Crippen LogP contribution in [0, 0.1) is 51.2 Å². The first kappa shape index (κ1) is 25.8. The summed E-state index contributed by atoms with van der Waals surface area (Å²) < 4.78 is 11.9. The Kier molecular flexibility index (Phi) is 5.96. The Balaban J connectivity index is 1.32. The average molecular weight is 523 g/mol. The van der Waals surface area contributed by atoms with Gasteiger partial charge in [-0.05, 0) is 127 Å². The monoisotopic (exact) mass is 522 g/mol. The molecule has 1 N–H and O–H groups in total. The average Bonchev–Trinajstić information content (AvgIpc) is 3.30. The van der Waals surface area contributed by atoms with Crippen LogP contribution < -0.4 is 0 Å². The van der Waals surface area contributed by atoms with E-state index in [9.17, 15) is 14.1 Å². The molecule has 202 valence electrons. The highest BCUT2D eigenvalue weighted by molar-refractivity contribution is 7.84. The third-order valence-electron chi connectivity index (χ3n) is 13.0. The van der Waals surface area contributed by atoms with E-state index in [0.717, 1.165) is 43.4 Å². The highest BCUT2D eigenvalue weighted by Crippen LogP contribution is 2.73. The number of rotatable bonds is 3. The maximum absolute atomic E-state index is 12.5. The van der Waals surface area contributed by atoms with Crippen molar-refractivity contribution < 1.29 is 14.1 Å². The van der Waals surface area contributed by atoms with Gasteiger partial charge in [-0.2, -0.15) is 0 Å². The van der Waals surface area contributed by atoms with Crippen LogP contribution in [0.2, 0.25) is 0 Å². The molecule has 4 heteroatoms. The van der Waals surface area contributed by atoms with E-state index in [1.165, 1.54) is 36.8 Å². The van der Waals surface area contributed by atoms with E-state index in [2.05, 4.69) is 45.9 Å². The van der Waals surface area contributed by atoms with Gasteiger partial charge < -0.3 is 5.11 Å². The first-order valence-corrected chi connectivity index (χ1v) is 16.4. The minimum atomic E-state index is -0.947. The molecule has 0 heterocycles. The first-order chi connectivity index (χ1) is 17.4. The third-order valence-corrected chi connectivity index (χ3v) is 13.9. The maximum Gasteiger partial charge on any atom is 0.309 e. The molecule has 0 radical (unpaired) electrons. The molecule has 3 nitrogen and oxygen atoms in total. The summed E-state index contributed by atoms with van der Waals surface area (Å²) in [6.07, 6.45) is 15.7. The number of carboxylic acid groups (broad SMARTS) is 1. The molecule has 4 fully saturated rings. The molecule has 0 amide bonds. The van der Waals surface area contributed by atoms with Gasteiger partial charge in [-0.3, -0.25) is 9.00 Å². The van der Waals surface area contributed by atoms with Crippen molar-refractivity contribution >= 4 is 22.3 Å². The zero-order valence-corrected chi connectivity index (χ0v) is 24.3. The fourth-order valence-electron chi connectivity index (χ4n) is 11.5. The zero-order valence-electron chi connectivity index (χ0n) is 23.5. The highest BCUT2D eigenvalue weighted by atomic mass is 32.2. The number of hydrogen-bond acceptors (Lipinski definition) is 2. The van der Waals surface area contributed by atoms with Crippen molar-refractivity contribution in [2.24, 2.45) is 51.2 Å². The van der Waals surface area contributed by atoms with Crippen LogP contribution in [-0.4, -0.2) is 21.5 Å². The van der Waals surface area contributed by atoms with Crippen molar-refractivity contribution in [2.75, 3.05) is 6.26 Å². The van der Waals surface area contributed by atoms with Crippen molar-refractivity contribution in [3.05, 3.63) is 35.9 Å². The largest absolute Gasteiger partial charge is 0.481 e. The molecular formula is C33H46O3S. The van der Waals surface area contributed by atoms with Gasteiger partial charge >= 0.3 is 5.97 Å². The Hall–Kier alpha value is -1.42. The van der Waals surface area contributed by atoms with E-state index in [1.807, 2.05) is 12.1 Å². The van der Waals surface area contributed by atoms with E-state index in [-0.39, 0.29) is 10.8 Å². The zero-order chi connectivity index (χ0) is 26.4. The summed E-state index contributed by atoms with van der Waals surface area (Å²) in [4.78, 5) is 13.4. The summed E-state index contributed by atoms with van der Waals surface area (Å²) in [7, 11) is -0.947. The van der Waals surface area contributed by atoms with Crippen LogP contribution in [0.4, 0.5) is 0 Å². The lowest BCUT2D eigenvalue weighted by atomic mass is 9.36. The molecule has 37 heavy (non-hydrogen) atoms. The summed E-state index contributed by atoms with van der Waals surface area (Å²) in [5.41, 5.74) is 3.04. The molecule has 0 aliphatic heterocycles. The van der Waals surface area contributed by atoms with E-state index >= 15 is 0 Å². The van der Waals surface area contributed by atoms with Gasteiger partial charge in [0.05, 0.1) is 5.41 Å². The van der Waals surface area contributed by atoms with E-state index in [0.29, 0.717) is 35.0 Å². The van der Waals surface area contributed by atoms with Gasteiger partial charge in [-0.15, -0.1) is 0 Å². The molecule has 1 aromatic rings. The molecule has 5 unspecified atom stereocenters. The molecule has 0 spiro atoms. The molecule has 0 saturated heterocycles. The molecular weight excluding hydrogens is 476 g/mol. The van der Waals surface area contributed by atoms with E-state index in [1.54, 1.807) is 6.26 Å². The number of carbonyl (C=O) groups is 1. The quantitative estimate of drug-likeness (QED) is 0.438. The Labute approximate surface area is 226 Å². The van der Waals surface area contributed by atoms with Crippen LogP contribution in [0.25, 0.3) is 5.57 Å². The summed E-state index contributed by atoms with van der Waals surface area (Å²) in [6.45, 7) is 10.2. The number of fused-ring (bicyclic) bond motifs is 7. The van der Waals surface area contributed by atoms with Gasteiger partial charge in [-0.1, -0.05) is 52.3 Å². The van der Waals surface area contributed by atoms with Gasteiger partial charge in [-0.25, -0.2) is 0 Å². The number of carboxylic acids is 1. The number of hydrogen-bond donors (Lipinski definition) is 1. The highest BCUT2D eigenvalue weighted by Gasteiger charge is 2.66. The van der Waals surface area contributed by atoms with Gasteiger partial charge in [0, 0.05) is 22.0 Å². The minimum Gasteiger partial charge on any atom is -0.481 e. The predicted molar refractivity (Wildman–Crippen MR) is 150 cm³/mol. The Morgan fingerprint density at radius 1 is 0.865 bits per heavy atom. The summed E-state index contributed by atoms with van der Waals surface area (Å²) in [5, 5.41) is 10.3. The first-order valence-electron chi connectivity index (χ1n) is 14.8. The second kappa shape index (κ2) is 8.54. The van der Waals surface area contributed by atoms with Crippen molar-refractivity contribution in [3.8, 4) is 0 Å². The summed E-state index contributed by atoms with van der Waals surface area (Å²) in [6, 6.07) is 8.45. The number of benzene rings is 1. The third kappa shape index (κ3) is 3.49. The molecule has 5 aliphatic rings. The van der Waals surface area contributed by atoms with Crippen LogP contribution >= 0.6 is 0 Å². The normalized spacial score (nSPS) is 45.0. The molecule has 4 saturated carbocycles. The summed E-state index contributed by atoms with van der Waals surface area (Å²) in [5.74, 6) is 2.56. The lowest BCUT2D eigenvalue weighted by molar-refractivity contribution is -0.187. The fraction of sp³-hybridized carbons (Fsp3) is 0.727. The molecule has 0 bridgehead atoms. The Morgan fingerprint density at radius 3 is 2.27 bits per heavy atom. The van der Waals surface area contributed by atoms with Crippen LogP contribution in [0.3, 0.4) is 0 Å². The number of allylic oxidation sites excluding steroid dienone is 2. The molecule has 6 rings (SSSR count). The maximum atomic E-state index is 12.5. The number of aliphatic carboxylic acids is 1. The van der Waals surface area contributed by atoms with Crippen molar-refractivity contribution in [2.45, 2.75) is 96.8 Å². The Morgan fingerprint density at radius 2 is 1.59 bits per heavy atom. The molecule has 1 aromatic carbocycles. The predicted octanol–water partition coefficient (Wildman–Crippen LogP) is 7.97. The lowest BCUT2D eigenvalue weighted by Crippen LogP contribution is -2.61. The van der Waals surface area contributed by atoms with Crippen molar-refractivity contribution in [1.82, 2.24) is 0 Å². The second-order valence-corrected chi connectivity index (χ2v) is 15.9. The van der Waals surface area contributed by atoms with Gasteiger partial charge in [0.15, 0.2) is 0 Å². The van der Waals surface area contributed by atoms with Crippen molar-refractivity contribution in [1.29, 1.82) is 0 Å². The Bertz CT molecular complexity index is 1150. The van der Waals surface area contributed by atoms with Gasteiger partial charge in [0.1, 0.15) is 0 Å². The smallest absolute Gasteiger partial charge is 0.309 e. The van der Waals surface area contributed by atoms with Crippen LogP contribution in [0.15, 0.2) is 35.2 Å². The lowest BCUT2D eigenvalue weighted by Gasteiger charge is -2.68. The standard InChI is InChI=1S/C33H46O3S/c1-30(2)24(21-8-10-22(11-9-21)37(5)36)14-18-32(4)27(30)16-19-31(3)25-15-20-33(29(34)35)17-6-7-26(33)23(25)12-13-28(31)32/h8-11,14,23,25-28H,6-7,12-13,15-20H2,1-5H3,(H,34,35)/t23-,25?,26?,27?,28?,31-,32-,33-,37?/m0/s1. The van der Waals surface area contributed by atoms with Gasteiger partial charge in [0.2, 0.25) is 0 Å². The topological polar surface area (TPSA) is 54.4 Å². The van der Waals surface area contributed by atoms with Crippen molar-refractivity contribution in [3.63, 3.8) is 0 Å². The van der Waals surface area contributed by atoms with Crippen LogP contribution in [0.5, 0.6) is 0 Å².